The molecule has 0 aromatic carbocycles. The second-order valence-corrected chi connectivity index (χ2v) is 23.2. The molecule has 1 rings (SSSR count). The first-order valence-corrected chi connectivity index (χ1v) is 20.1. The summed E-state index contributed by atoms with van der Waals surface area (Å²) in [5, 5.41) is 2.89. The van der Waals surface area contributed by atoms with E-state index in [0.717, 1.165) is 6.42 Å². The molecule has 0 radical (unpaired) electrons. The summed E-state index contributed by atoms with van der Waals surface area (Å²) in [4.78, 5) is 25.3. The van der Waals surface area contributed by atoms with Crippen molar-refractivity contribution in [2.75, 3.05) is 7.11 Å². The average Bonchev–Trinajstić information content (AvgIpc) is 3.09. The van der Waals surface area contributed by atoms with Gasteiger partial charge in [-0.25, -0.2) is 0 Å². The number of alkyl carbamates (subject to hydrolysis) is 1. The SMILES string of the molecule is CCC[CH2][Sn]([CH]=C1CCC(NC(=O)OC(C)(C)C)(C(=O)OC)C1)([CH2]CCC)[CH2]CCC. The molecule has 0 bridgehead atoms. The Morgan fingerprint density at radius 2 is 1.55 bits per heavy atom. The maximum absolute atomic E-state index is 12.8. The molecular formula is C25H47NO4Sn. The number of hydrogen-bond donors (Lipinski definition) is 1. The van der Waals surface area contributed by atoms with Gasteiger partial charge in [0.05, 0.1) is 0 Å². The third kappa shape index (κ3) is 9.35. The van der Waals surface area contributed by atoms with E-state index in [9.17, 15) is 9.59 Å². The molecule has 0 spiro atoms. The normalized spacial score (nSPS) is 20.7. The molecule has 1 amide bonds. The van der Waals surface area contributed by atoms with Gasteiger partial charge in [0.15, 0.2) is 0 Å². The molecule has 1 aliphatic rings. The van der Waals surface area contributed by atoms with Crippen molar-refractivity contribution in [2.45, 2.75) is 124 Å². The quantitative estimate of drug-likeness (QED) is 0.214. The summed E-state index contributed by atoms with van der Waals surface area (Å²) in [7, 11) is 1.40. The molecule has 0 saturated heterocycles. The van der Waals surface area contributed by atoms with Crippen LogP contribution in [0.25, 0.3) is 0 Å². The second-order valence-electron chi connectivity index (χ2n) is 10.4. The van der Waals surface area contributed by atoms with E-state index in [0.29, 0.717) is 12.8 Å². The van der Waals surface area contributed by atoms with E-state index in [-0.39, 0.29) is 5.97 Å². The predicted molar refractivity (Wildman–Crippen MR) is 131 cm³/mol. The van der Waals surface area contributed by atoms with E-state index < -0.39 is 35.6 Å². The van der Waals surface area contributed by atoms with Crippen LogP contribution >= 0.6 is 0 Å². The Hall–Kier alpha value is -0.721. The molecular weight excluding hydrogens is 497 g/mol. The van der Waals surface area contributed by atoms with Crippen LogP contribution in [0.4, 0.5) is 4.79 Å². The van der Waals surface area contributed by atoms with Gasteiger partial charge in [-0.05, 0) is 0 Å². The minimum atomic E-state index is -2.47. The Labute approximate surface area is 195 Å². The molecule has 0 aromatic heterocycles. The summed E-state index contributed by atoms with van der Waals surface area (Å²) in [6, 6.07) is 0. The first-order valence-electron chi connectivity index (χ1n) is 12.4. The number of nitrogens with one attached hydrogen (secondary N) is 1. The third-order valence-electron chi connectivity index (χ3n) is 6.31. The molecule has 5 nitrogen and oxygen atoms in total. The molecule has 1 aliphatic carbocycles. The van der Waals surface area contributed by atoms with Gasteiger partial charge in [0, 0.05) is 0 Å². The number of carbonyl (C=O) groups excluding carboxylic acids is 2. The Bertz CT molecular complexity index is 589. The van der Waals surface area contributed by atoms with Crippen molar-refractivity contribution in [3.8, 4) is 0 Å². The van der Waals surface area contributed by atoms with E-state index in [2.05, 4.69) is 30.2 Å². The van der Waals surface area contributed by atoms with Crippen molar-refractivity contribution < 1.29 is 19.1 Å². The molecule has 0 aromatic rings. The first kappa shape index (κ1) is 28.3. The topological polar surface area (TPSA) is 64.6 Å². The van der Waals surface area contributed by atoms with Crippen LogP contribution in [0.3, 0.4) is 0 Å². The first-order chi connectivity index (χ1) is 14.5. The number of carbonyl (C=O) groups is 2. The zero-order valence-corrected chi connectivity index (χ0v) is 24.0. The van der Waals surface area contributed by atoms with Crippen molar-refractivity contribution in [2.24, 2.45) is 0 Å². The van der Waals surface area contributed by atoms with E-state index in [1.54, 1.807) is 0 Å². The maximum atomic E-state index is 12.8. The molecule has 1 N–H and O–H groups in total. The fourth-order valence-electron chi connectivity index (χ4n) is 4.70. The zero-order chi connectivity index (χ0) is 23.5. The number of rotatable bonds is 12. The van der Waals surface area contributed by atoms with Crippen LogP contribution in [0.2, 0.25) is 13.3 Å². The van der Waals surface area contributed by atoms with Crippen LogP contribution in [-0.4, -0.2) is 48.7 Å². The van der Waals surface area contributed by atoms with E-state index in [1.807, 2.05) is 20.8 Å². The van der Waals surface area contributed by atoms with Gasteiger partial charge in [-0.1, -0.05) is 0 Å². The van der Waals surface area contributed by atoms with Crippen LogP contribution in [0.5, 0.6) is 0 Å². The monoisotopic (exact) mass is 545 g/mol. The number of hydrogen-bond acceptors (Lipinski definition) is 4. The summed E-state index contributed by atoms with van der Waals surface area (Å²) in [5.74, 6) is -0.363. The predicted octanol–water partition coefficient (Wildman–Crippen LogP) is 6.92. The van der Waals surface area contributed by atoms with Crippen molar-refractivity contribution in [3.63, 3.8) is 0 Å². The molecule has 0 aliphatic heterocycles. The van der Waals surface area contributed by atoms with Crippen molar-refractivity contribution in [3.05, 3.63) is 9.67 Å². The molecule has 180 valence electrons. The number of amides is 1. The number of unbranched alkanes of at least 4 members (excludes halogenated alkanes) is 3. The Morgan fingerprint density at radius 1 is 1.03 bits per heavy atom. The van der Waals surface area contributed by atoms with Gasteiger partial charge in [-0.2, -0.15) is 0 Å². The van der Waals surface area contributed by atoms with Crippen molar-refractivity contribution >= 4 is 30.4 Å². The van der Waals surface area contributed by atoms with Gasteiger partial charge in [0.1, 0.15) is 0 Å². The summed E-state index contributed by atoms with van der Waals surface area (Å²) >= 11 is -2.47. The van der Waals surface area contributed by atoms with Gasteiger partial charge < -0.3 is 0 Å². The number of ether oxygens (including phenoxy) is 2. The van der Waals surface area contributed by atoms with Crippen molar-refractivity contribution in [1.29, 1.82) is 0 Å². The minimum absolute atomic E-state index is 0.363. The molecule has 0 heterocycles. The van der Waals surface area contributed by atoms with Crippen LogP contribution in [0, 0.1) is 0 Å². The van der Waals surface area contributed by atoms with Crippen molar-refractivity contribution in [1.82, 2.24) is 5.32 Å². The molecule has 1 unspecified atom stereocenters. The Morgan fingerprint density at radius 3 is 1.97 bits per heavy atom. The zero-order valence-electron chi connectivity index (χ0n) is 21.2. The van der Waals surface area contributed by atoms with Crippen LogP contribution in [0.15, 0.2) is 9.67 Å². The fourth-order valence-corrected chi connectivity index (χ4v) is 20.3. The second kappa shape index (κ2) is 13.1. The van der Waals surface area contributed by atoms with Crippen LogP contribution in [0.1, 0.15) is 99.3 Å². The third-order valence-corrected chi connectivity index (χ3v) is 20.8. The van der Waals surface area contributed by atoms with E-state index in [1.165, 1.54) is 64.5 Å². The number of esters is 1. The summed E-state index contributed by atoms with van der Waals surface area (Å²) in [5.41, 5.74) is -0.244. The fraction of sp³-hybridized carbons (Fsp3) is 0.840. The van der Waals surface area contributed by atoms with Crippen LogP contribution < -0.4 is 5.32 Å². The van der Waals surface area contributed by atoms with Gasteiger partial charge in [0.2, 0.25) is 0 Å². The van der Waals surface area contributed by atoms with Crippen LogP contribution in [-0.2, 0) is 14.3 Å². The molecule has 31 heavy (non-hydrogen) atoms. The average molecular weight is 544 g/mol. The molecule has 6 heteroatoms. The van der Waals surface area contributed by atoms with E-state index in [4.69, 9.17) is 9.47 Å². The summed E-state index contributed by atoms with van der Waals surface area (Å²) in [6.07, 6.45) is 9.11. The van der Waals surface area contributed by atoms with Gasteiger partial charge in [-0.15, -0.1) is 0 Å². The molecule has 1 fully saturated rings. The standard InChI is InChI=1S/C13H20NO4.3C4H9.Sn/c1-9-6-7-13(8-9,10(15)17-5)14-11(16)18-12(2,3)4;3*1-3-4-2;/h1H,6-8H2,2-5H3,(H,14,16);3*1,3-4H2,2H3;. The molecule has 1 saturated carbocycles. The Balaban J connectivity index is 3.16. The van der Waals surface area contributed by atoms with Gasteiger partial charge in [0.25, 0.3) is 0 Å². The molecule has 1 atom stereocenters. The number of methoxy groups -OCH3 is 1. The summed E-state index contributed by atoms with van der Waals surface area (Å²) < 4.78 is 17.5. The van der Waals surface area contributed by atoms with E-state index >= 15 is 0 Å². The van der Waals surface area contributed by atoms with Gasteiger partial charge in [-0.3, -0.25) is 0 Å². The summed E-state index contributed by atoms with van der Waals surface area (Å²) in [6.45, 7) is 12.3. The Kier molecular flexibility index (Phi) is 12.0. The van der Waals surface area contributed by atoms with Gasteiger partial charge >= 0.3 is 195 Å².